The molecule has 1 aliphatic rings. The van der Waals surface area contributed by atoms with Crippen molar-refractivity contribution in [3.8, 4) is 11.5 Å². The molecule has 0 amide bonds. The predicted molar refractivity (Wildman–Crippen MR) is 87.4 cm³/mol. The van der Waals surface area contributed by atoms with Gasteiger partial charge in [-0.25, -0.2) is 0 Å². The lowest BCUT2D eigenvalue weighted by Gasteiger charge is -2.16. The van der Waals surface area contributed by atoms with E-state index < -0.39 is 0 Å². The average molecular weight is 369 g/mol. The molecule has 0 bridgehead atoms. The van der Waals surface area contributed by atoms with E-state index in [2.05, 4.69) is 43.3 Å². The van der Waals surface area contributed by atoms with Gasteiger partial charge in [-0.2, -0.15) is 16.7 Å². The minimum absolute atomic E-state index is 0.283. The number of nitrogens with one attached hydrogen (secondary N) is 1. The predicted octanol–water partition coefficient (Wildman–Crippen LogP) is 3.09. The summed E-state index contributed by atoms with van der Waals surface area (Å²) in [5.41, 5.74) is 0.719. The molecule has 3 rings (SSSR count). The van der Waals surface area contributed by atoms with Crippen LogP contribution in [0.1, 0.15) is 25.2 Å². The lowest BCUT2D eigenvalue weighted by Crippen LogP contribution is -2.34. The summed E-state index contributed by atoms with van der Waals surface area (Å²) in [4.78, 5) is 8.86. The van der Waals surface area contributed by atoms with Gasteiger partial charge in [-0.05, 0) is 41.0 Å². The molecular weight excluding hydrogens is 352 g/mol. The normalized spacial score (nSPS) is 21.8. The molecule has 1 N–H and O–H groups in total. The molecule has 1 aliphatic heterocycles. The van der Waals surface area contributed by atoms with E-state index in [0.29, 0.717) is 17.8 Å². The quantitative estimate of drug-likeness (QED) is 0.874. The second-order valence-corrected chi connectivity index (χ2v) is 6.92. The summed E-state index contributed by atoms with van der Waals surface area (Å²) in [5, 5.41) is 7.66. The van der Waals surface area contributed by atoms with Crippen molar-refractivity contribution in [1.82, 2.24) is 20.4 Å². The van der Waals surface area contributed by atoms with Crippen LogP contribution >= 0.6 is 27.7 Å². The van der Waals surface area contributed by atoms with E-state index in [1.165, 1.54) is 0 Å². The summed E-state index contributed by atoms with van der Waals surface area (Å²) >= 11 is 5.40. The van der Waals surface area contributed by atoms with Crippen LogP contribution in [-0.2, 0) is 0 Å². The molecule has 2 aromatic rings. The van der Waals surface area contributed by atoms with Gasteiger partial charge in [-0.1, -0.05) is 12.1 Å². The molecular formula is C14H17BrN4OS. The van der Waals surface area contributed by atoms with Gasteiger partial charge in [0.25, 0.3) is 0 Å². The molecule has 2 unspecified atom stereocenters. The molecule has 0 aromatic carbocycles. The molecule has 0 spiro atoms. The Labute approximate surface area is 136 Å². The summed E-state index contributed by atoms with van der Waals surface area (Å²) in [6.07, 6.45) is 2.86. The smallest absolute Gasteiger partial charge is 0.232 e. The van der Waals surface area contributed by atoms with Gasteiger partial charge in [-0.15, -0.1) is 0 Å². The van der Waals surface area contributed by atoms with Crippen LogP contribution in [0.2, 0.25) is 0 Å². The van der Waals surface area contributed by atoms with Gasteiger partial charge in [0.1, 0.15) is 5.69 Å². The number of thioether (sulfide) groups is 1. The maximum Gasteiger partial charge on any atom is 0.232 e. The van der Waals surface area contributed by atoms with E-state index in [-0.39, 0.29) is 5.92 Å². The fourth-order valence-corrected chi connectivity index (χ4v) is 4.16. The first kappa shape index (κ1) is 15.0. The first-order valence-electron chi connectivity index (χ1n) is 7.05. The lowest BCUT2D eigenvalue weighted by molar-refractivity contribution is 0.339. The van der Waals surface area contributed by atoms with Crippen molar-refractivity contribution in [2.75, 3.05) is 18.1 Å². The fourth-order valence-electron chi connectivity index (χ4n) is 2.36. The molecule has 2 aromatic heterocycles. The zero-order valence-corrected chi connectivity index (χ0v) is 14.2. The number of hydrogen-bond acceptors (Lipinski definition) is 6. The molecule has 1 saturated heterocycles. The summed E-state index contributed by atoms with van der Waals surface area (Å²) in [6, 6.07) is 4.21. The molecule has 2 atom stereocenters. The Morgan fingerprint density at radius 2 is 2.38 bits per heavy atom. The van der Waals surface area contributed by atoms with E-state index in [4.69, 9.17) is 4.52 Å². The average Bonchev–Trinajstić information content (AvgIpc) is 3.14. The second-order valence-electron chi connectivity index (χ2n) is 4.99. The number of halogens is 1. The Morgan fingerprint density at radius 1 is 1.48 bits per heavy atom. The first-order valence-corrected chi connectivity index (χ1v) is 9.00. The van der Waals surface area contributed by atoms with Crippen LogP contribution in [-0.4, -0.2) is 39.2 Å². The largest absolute Gasteiger partial charge is 0.339 e. The number of pyridine rings is 1. The number of aromatic nitrogens is 3. The third-order valence-electron chi connectivity index (χ3n) is 3.47. The van der Waals surface area contributed by atoms with Crippen molar-refractivity contribution in [2.45, 2.75) is 25.3 Å². The Morgan fingerprint density at radius 3 is 3.19 bits per heavy atom. The van der Waals surface area contributed by atoms with Gasteiger partial charge in [0, 0.05) is 28.2 Å². The highest BCUT2D eigenvalue weighted by Gasteiger charge is 2.33. The van der Waals surface area contributed by atoms with Crippen LogP contribution in [0.25, 0.3) is 11.5 Å². The van der Waals surface area contributed by atoms with Crippen LogP contribution in [0, 0.1) is 0 Å². The zero-order valence-electron chi connectivity index (χ0n) is 11.8. The summed E-state index contributed by atoms with van der Waals surface area (Å²) in [7, 11) is 0. The van der Waals surface area contributed by atoms with Crippen molar-refractivity contribution in [3.05, 3.63) is 28.7 Å². The maximum absolute atomic E-state index is 5.49. The molecule has 112 valence electrons. The SMILES string of the molecule is CCCNC1CSCC1c1nc(-c2ncccc2Br)no1. The lowest BCUT2D eigenvalue weighted by atomic mass is 10.0. The van der Waals surface area contributed by atoms with Gasteiger partial charge in [0.2, 0.25) is 11.7 Å². The van der Waals surface area contributed by atoms with Crippen LogP contribution in [0.5, 0.6) is 0 Å². The topological polar surface area (TPSA) is 63.8 Å². The first-order chi connectivity index (χ1) is 10.3. The van der Waals surface area contributed by atoms with Gasteiger partial charge in [0.05, 0.1) is 5.92 Å². The molecule has 0 radical (unpaired) electrons. The summed E-state index contributed by atoms with van der Waals surface area (Å²) in [6.45, 7) is 3.20. The summed E-state index contributed by atoms with van der Waals surface area (Å²) < 4.78 is 6.37. The van der Waals surface area contributed by atoms with Crippen LogP contribution in [0.15, 0.2) is 27.3 Å². The van der Waals surface area contributed by atoms with Gasteiger partial charge in [-0.3, -0.25) is 4.98 Å². The number of rotatable bonds is 5. The van der Waals surface area contributed by atoms with Crippen molar-refractivity contribution in [2.24, 2.45) is 0 Å². The number of hydrogen-bond donors (Lipinski definition) is 1. The van der Waals surface area contributed by atoms with Gasteiger partial charge < -0.3 is 9.84 Å². The minimum Gasteiger partial charge on any atom is -0.339 e. The highest BCUT2D eigenvalue weighted by atomic mass is 79.9. The number of nitrogens with zero attached hydrogens (tertiary/aromatic N) is 3. The highest BCUT2D eigenvalue weighted by molar-refractivity contribution is 9.10. The second kappa shape index (κ2) is 6.89. The maximum atomic E-state index is 5.49. The molecule has 7 heteroatoms. The van der Waals surface area contributed by atoms with Crippen molar-refractivity contribution < 1.29 is 4.52 Å². The minimum atomic E-state index is 0.283. The van der Waals surface area contributed by atoms with Gasteiger partial charge in [0.15, 0.2) is 0 Å². The van der Waals surface area contributed by atoms with Gasteiger partial charge >= 0.3 is 0 Å². The van der Waals surface area contributed by atoms with Crippen LogP contribution in [0.3, 0.4) is 0 Å². The van der Waals surface area contributed by atoms with E-state index in [1.54, 1.807) is 6.20 Å². The Balaban J connectivity index is 1.80. The van der Waals surface area contributed by atoms with Crippen molar-refractivity contribution in [3.63, 3.8) is 0 Å². The van der Waals surface area contributed by atoms with E-state index in [0.717, 1.165) is 34.6 Å². The molecule has 5 nitrogen and oxygen atoms in total. The standard InChI is InChI=1S/C14H17BrN4OS/c1-2-5-16-11-8-21-7-9(11)14-18-13(19-20-14)12-10(15)4-3-6-17-12/h3-4,6,9,11,16H,2,5,7-8H2,1H3. The molecule has 21 heavy (non-hydrogen) atoms. The molecule has 3 heterocycles. The summed E-state index contributed by atoms with van der Waals surface area (Å²) in [5.74, 6) is 3.65. The van der Waals surface area contributed by atoms with E-state index >= 15 is 0 Å². The Bertz CT molecular complexity index is 606. The van der Waals surface area contributed by atoms with Crippen molar-refractivity contribution >= 4 is 27.7 Å². The van der Waals surface area contributed by atoms with E-state index in [9.17, 15) is 0 Å². The molecule has 1 fully saturated rings. The molecule has 0 saturated carbocycles. The monoisotopic (exact) mass is 368 g/mol. The Hall–Kier alpha value is -0.920. The van der Waals surface area contributed by atoms with Crippen molar-refractivity contribution in [1.29, 1.82) is 0 Å². The third kappa shape index (κ3) is 3.30. The zero-order chi connectivity index (χ0) is 14.7. The third-order valence-corrected chi connectivity index (χ3v) is 5.30. The van der Waals surface area contributed by atoms with E-state index in [1.807, 2.05) is 23.9 Å². The van der Waals surface area contributed by atoms with Crippen LogP contribution in [0.4, 0.5) is 0 Å². The molecule has 0 aliphatic carbocycles. The Kier molecular flexibility index (Phi) is 4.92. The highest BCUT2D eigenvalue weighted by Crippen LogP contribution is 2.33. The fraction of sp³-hybridized carbons (Fsp3) is 0.500. The van der Waals surface area contributed by atoms with Crippen LogP contribution < -0.4 is 5.32 Å².